The number of aliphatic carboxylic acids is 1. The van der Waals surface area contributed by atoms with Crippen LogP contribution in [0.4, 0.5) is 4.79 Å². The lowest BCUT2D eigenvalue weighted by Gasteiger charge is -2.38. The molecule has 0 heterocycles. The fraction of sp³-hybridized carbons (Fsp3) is 0.833. The van der Waals surface area contributed by atoms with Crippen molar-refractivity contribution in [3.63, 3.8) is 0 Å². The normalized spacial score (nSPS) is 18.9. The summed E-state index contributed by atoms with van der Waals surface area (Å²) in [4.78, 5) is 22.0. The van der Waals surface area contributed by atoms with Crippen molar-refractivity contribution in [2.45, 2.75) is 39.5 Å². The van der Waals surface area contributed by atoms with Crippen molar-refractivity contribution in [2.75, 3.05) is 13.1 Å². The SMILES string of the molecule is CC(CCNC(=O)NCC1(C)CCC1)C(=O)O. The van der Waals surface area contributed by atoms with Gasteiger partial charge in [-0.3, -0.25) is 4.79 Å². The molecule has 5 heteroatoms. The van der Waals surface area contributed by atoms with E-state index >= 15 is 0 Å². The number of hydrogen-bond acceptors (Lipinski definition) is 2. The van der Waals surface area contributed by atoms with Gasteiger partial charge < -0.3 is 15.7 Å². The summed E-state index contributed by atoms with van der Waals surface area (Å²) in [5, 5.41) is 14.2. The summed E-state index contributed by atoms with van der Waals surface area (Å²) in [6, 6.07) is -0.198. The average molecular weight is 242 g/mol. The highest BCUT2D eigenvalue weighted by Crippen LogP contribution is 2.39. The molecule has 1 saturated carbocycles. The molecule has 1 fully saturated rings. The van der Waals surface area contributed by atoms with Gasteiger partial charge in [-0.15, -0.1) is 0 Å². The minimum absolute atomic E-state index is 0.198. The molecule has 17 heavy (non-hydrogen) atoms. The highest BCUT2D eigenvalue weighted by Gasteiger charge is 2.31. The van der Waals surface area contributed by atoms with Crippen molar-refractivity contribution >= 4 is 12.0 Å². The first-order valence-corrected chi connectivity index (χ1v) is 6.17. The van der Waals surface area contributed by atoms with Gasteiger partial charge in [-0.05, 0) is 24.7 Å². The standard InChI is InChI=1S/C12H22N2O3/c1-9(10(15)16)4-7-13-11(17)14-8-12(2)5-3-6-12/h9H,3-8H2,1-2H3,(H,15,16)(H2,13,14,17). The third kappa shape index (κ3) is 4.63. The summed E-state index contributed by atoms with van der Waals surface area (Å²) in [7, 11) is 0. The number of carboxylic acid groups (broad SMARTS) is 1. The molecule has 0 radical (unpaired) electrons. The Balaban J connectivity index is 2.07. The predicted molar refractivity (Wildman–Crippen MR) is 64.8 cm³/mol. The van der Waals surface area contributed by atoms with Crippen LogP contribution in [-0.2, 0) is 4.79 Å². The Bertz CT molecular complexity index is 287. The lowest BCUT2D eigenvalue weighted by molar-refractivity contribution is -0.141. The van der Waals surface area contributed by atoms with E-state index in [4.69, 9.17) is 5.11 Å². The smallest absolute Gasteiger partial charge is 0.314 e. The summed E-state index contributed by atoms with van der Waals surface area (Å²) >= 11 is 0. The molecule has 98 valence electrons. The van der Waals surface area contributed by atoms with Gasteiger partial charge in [0.2, 0.25) is 0 Å². The van der Waals surface area contributed by atoms with Gasteiger partial charge in [0.15, 0.2) is 0 Å². The van der Waals surface area contributed by atoms with Crippen molar-refractivity contribution in [3.8, 4) is 0 Å². The van der Waals surface area contributed by atoms with Crippen molar-refractivity contribution in [1.29, 1.82) is 0 Å². The Kier molecular flexibility index (Phi) is 4.78. The zero-order valence-corrected chi connectivity index (χ0v) is 10.6. The molecule has 1 atom stereocenters. The van der Waals surface area contributed by atoms with Crippen LogP contribution in [0.1, 0.15) is 39.5 Å². The van der Waals surface area contributed by atoms with Gasteiger partial charge in [0.1, 0.15) is 0 Å². The lowest BCUT2D eigenvalue weighted by Crippen LogP contribution is -2.44. The Morgan fingerprint density at radius 1 is 1.35 bits per heavy atom. The highest BCUT2D eigenvalue weighted by atomic mass is 16.4. The van der Waals surface area contributed by atoms with Gasteiger partial charge in [-0.1, -0.05) is 20.3 Å². The van der Waals surface area contributed by atoms with Gasteiger partial charge in [0.25, 0.3) is 0 Å². The van der Waals surface area contributed by atoms with E-state index in [1.807, 2.05) is 0 Å². The molecule has 0 bridgehead atoms. The third-order valence-electron chi connectivity index (χ3n) is 3.52. The van der Waals surface area contributed by atoms with Crippen LogP contribution in [0.3, 0.4) is 0 Å². The zero-order valence-electron chi connectivity index (χ0n) is 10.6. The number of rotatable bonds is 6. The number of amides is 2. The molecular weight excluding hydrogens is 220 g/mol. The molecule has 1 rings (SSSR count). The average Bonchev–Trinajstić information content (AvgIpc) is 2.23. The molecule has 5 nitrogen and oxygen atoms in total. The second-order valence-electron chi connectivity index (χ2n) is 5.30. The first-order valence-electron chi connectivity index (χ1n) is 6.17. The lowest BCUT2D eigenvalue weighted by atomic mass is 9.70. The van der Waals surface area contributed by atoms with Crippen LogP contribution in [-0.4, -0.2) is 30.2 Å². The monoisotopic (exact) mass is 242 g/mol. The topological polar surface area (TPSA) is 78.4 Å². The van der Waals surface area contributed by atoms with Crippen molar-refractivity contribution in [3.05, 3.63) is 0 Å². The summed E-state index contributed by atoms with van der Waals surface area (Å²) in [5.74, 6) is -1.24. The molecule has 2 amide bonds. The summed E-state index contributed by atoms with van der Waals surface area (Å²) < 4.78 is 0. The van der Waals surface area contributed by atoms with Gasteiger partial charge in [0.05, 0.1) is 5.92 Å². The van der Waals surface area contributed by atoms with Crippen LogP contribution in [0.5, 0.6) is 0 Å². The van der Waals surface area contributed by atoms with E-state index in [2.05, 4.69) is 17.6 Å². The summed E-state index contributed by atoms with van der Waals surface area (Å²) in [5.41, 5.74) is 0.270. The van der Waals surface area contributed by atoms with Gasteiger partial charge in [0, 0.05) is 13.1 Å². The maximum Gasteiger partial charge on any atom is 0.314 e. The van der Waals surface area contributed by atoms with Crippen LogP contribution < -0.4 is 10.6 Å². The number of carboxylic acids is 1. The Hall–Kier alpha value is -1.26. The maximum atomic E-state index is 11.4. The van der Waals surface area contributed by atoms with Crippen LogP contribution in [0.25, 0.3) is 0 Å². The van der Waals surface area contributed by atoms with Crippen LogP contribution in [0, 0.1) is 11.3 Å². The number of carbonyl (C=O) groups excluding carboxylic acids is 1. The van der Waals surface area contributed by atoms with Gasteiger partial charge in [-0.2, -0.15) is 0 Å². The number of nitrogens with one attached hydrogen (secondary N) is 2. The summed E-state index contributed by atoms with van der Waals surface area (Å²) in [6.45, 7) is 4.91. The van der Waals surface area contributed by atoms with Crippen molar-refractivity contribution in [1.82, 2.24) is 10.6 Å². The van der Waals surface area contributed by atoms with Crippen LogP contribution in [0.2, 0.25) is 0 Å². The maximum absolute atomic E-state index is 11.4. The van der Waals surface area contributed by atoms with Crippen molar-refractivity contribution < 1.29 is 14.7 Å². The molecule has 1 unspecified atom stereocenters. The predicted octanol–water partition coefficient (Wildman–Crippen LogP) is 1.59. The van der Waals surface area contributed by atoms with Gasteiger partial charge >= 0.3 is 12.0 Å². The Labute approximate surface area is 102 Å². The van der Waals surface area contributed by atoms with E-state index in [1.165, 1.54) is 19.3 Å². The molecule has 0 aliphatic heterocycles. The van der Waals surface area contributed by atoms with Gasteiger partial charge in [-0.25, -0.2) is 4.79 Å². The summed E-state index contributed by atoms with van der Waals surface area (Å²) in [6.07, 6.45) is 4.04. The minimum atomic E-state index is -0.825. The quantitative estimate of drug-likeness (QED) is 0.661. The molecule has 3 N–H and O–H groups in total. The van der Waals surface area contributed by atoms with Crippen LogP contribution >= 0.6 is 0 Å². The first kappa shape index (κ1) is 13.8. The fourth-order valence-corrected chi connectivity index (χ4v) is 1.84. The second-order valence-corrected chi connectivity index (χ2v) is 5.30. The number of hydrogen-bond donors (Lipinski definition) is 3. The molecule has 1 aliphatic carbocycles. The minimum Gasteiger partial charge on any atom is -0.481 e. The fourth-order valence-electron chi connectivity index (χ4n) is 1.84. The Morgan fingerprint density at radius 3 is 2.47 bits per heavy atom. The van der Waals surface area contributed by atoms with E-state index in [1.54, 1.807) is 6.92 Å². The molecule has 1 aliphatic rings. The molecule has 0 saturated heterocycles. The molecule has 0 aromatic carbocycles. The molecular formula is C12H22N2O3. The van der Waals surface area contributed by atoms with E-state index in [0.29, 0.717) is 19.5 Å². The molecule has 0 aromatic rings. The largest absolute Gasteiger partial charge is 0.481 e. The zero-order chi connectivity index (χ0) is 12.9. The van der Waals surface area contributed by atoms with Crippen LogP contribution in [0.15, 0.2) is 0 Å². The van der Waals surface area contributed by atoms with Crippen molar-refractivity contribution in [2.24, 2.45) is 11.3 Å². The highest BCUT2D eigenvalue weighted by molar-refractivity contribution is 5.74. The third-order valence-corrected chi connectivity index (χ3v) is 3.52. The second kappa shape index (κ2) is 5.89. The molecule has 0 aromatic heterocycles. The number of urea groups is 1. The molecule has 0 spiro atoms. The van der Waals surface area contributed by atoms with E-state index < -0.39 is 11.9 Å². The van der Waals surface area contributed by atoms with E-state index in [9.17, 15) is 9.59 Å². The van der Waals surface area contributed by atoms with E-state index in [-0.39, 0.29) is 11.4 Å². The number of carbonyl (C=O) groups is 2. The Morgan fingerprint density at radius 2 is 2.00 bits per heavy atom. The first-order chi connectivity index (χ1) is 7.93. The van der Waals surface area contributed by atoms with E-state index in [0.717, 1.165) is 0 Å².